The fourth-order valence-electron chi connectivity index (χ4n) is 2.46. The third-order valence-electron chi connectivity index (χ3n) is 3.70. The van der Waals surface area contributed by atoms with E-state index in [9.17, 15) is 4.79 Å². The summed E-state index contributed by atoms with van der Waals surface area (Å²) in [6.07, 6.45) is 2.14. The van der Waals surface area contributed by atoms with E-state index < -0.39 is 0 Å². The molecule has 0 unspecified atom stereocenters. The number of aromatic nitrogens is 3. The van der Waals surface area contributed by atoms with Gasteiger partial charge < -0.3 is 10.1 Å². The van der Waals surface area contributed by atoms with Crippen LogP contribution < -0.4 is 5.32 Å². The van der Waals surface area contributed by atoms with E-state index >= 15 is 0 Å². The van der Waals surface area contributed by atoms with Gasteiger partial charge in [-0.2, -0.15) is 0 Å². The maximum absolute atomic E-state index is 12.2. The molecule has 2 aromatic rings. The molecule has 6 nitrogen and oxygen atoms in total. The van der Waals surface area contributed by atoms with Crippen LogP contribution in [0.25, 0.3) is 5.69 Å². The molecule has 1 aromatic carbocycles. The second-order valence-corrected chi connectivity index (χ2v) is 5.69. The first-order valence-electron chi connectivity index (χ1n) is 7.23. The molecular weight excluding hydrogens is 304 g/mol. The van der Waals surface area contributed by atoms with Crippen LogP contribution in [0.4, 0.5) is 0 Å². The van der Waals surface area contributed by atoms with E-state index in [4.69, 9.17) is 16.3 Å². The highest BCUT2D eigenvalue weighted by Crippen LogP contribution is 2.16. The van der Waals surface area contributed by atoms with Gasteiger partial charge in [0.25, 0.3) is 5.91 Å². The zero-order valence-electron chi connectivity index (χ0n) is 12.3. The van der Waals surface area contributed by atoms with E-state index in [0.29, 0.717) is 23.0 Å². The number of halogens is 1. The summed E-state index contributed by atoms with van der Waals surface area (Å²) in [4.78, 5) is 12.2. The summed E-state index contributed by atoms with van der Waals surface area (Å²) in [6.45, 7) is 3.09. The van der Waals surface area contributed by atoms with Gasteiger partial charge >= 0.3 is 0 Å². The molecule has 0 radical (unpaired) electrons. The van der Waals surface area contributed by atoms with Crippen molar-refractivity contribution in [2.75, 3.05) is 13.2 Å². The van der Waals surface area contributed by atoms with Gasteiger partial charge in [0.15, 0.2) is 5.69 Å². The normalized spacial score (nSPS) is 17.6. The molecule has 116 valence electrons. The SMILES string of the molecule is Cc1c(C(=O)NC[C@@H]2CCCO2)nnn1-c1ccc(Cl)cc1. The van der Waals surface area contributed by atoms with Crippen molar-refractivity contribution in [2.45, 2.75) is 25.9 Å². The van der Waals surface area contributed by atoms with E-state index in [2.05, 4.69) is 15.6 Å². The molecule has 3 rings (SSSR count). The first kappa shape index (κ1) is 15.0. The van der Waals surface area contributed by atoms with Crippen LogP contribution in [0.2, 0.25) is 5.02 Å². The molecule has 1 aromatic heterocycles. The van der Waals surface area contributed by atoms with Crippen LogP contribution in [0.5, 0.6) is 0 Å². The zero-order valence-corrected chi connectivity index (χ0v) is 13.0. The van der Waals surface area contributed by atoms with Gasteiger partial charge in [-0.05, 0) is 44.0 Å². The molecule has 1 N–H and O–H groups in total. The van der Waals surface area contributed by atoms with Crippen LogP contribution in [-0.4, -0.2) is 40.2 Å². The lowest BCUT2D eigenvalue weighted by molar-refractivity contribution is 0.0853. The highest BCUT2D eigenvalue weighted by atomic mass is 35.5. The fraction of sp³-hybridized carbons (Fsp3) is 0.400. The van der Waals surface area contributed by atoms with Crippen molar-refractivity contribution in [1.82, 2.24) is 20.3 Å². The molecule has 1 saturated heterocycles. The van der Waals surface area contributed by atoms with E-state index in [1.165, 1.54) is 0 Å². The molecule has 7 heteroatoms. The lowest BCUT2D eigenvalue weighted by atomic mass is 10.2. The standard InChI is InChI=1S/C15H17ClN4O2/c1-10-14(15(21)17-9-13-3-2-8-22-13)18-19-20(10)12-6-4-11(16)5-7-12/h4-7,13H,2-3,8-9H2,1H3,(H,17,21)/t13-/m0/s1. The van der Waals surface area contributed by atoms with Crippen LogP contribution in [0.15, 0.2) is 24.3 Å². The summed E-state index contributed by atoms with van der Waals surface area (Å²) in [5.74, 6) is -0.229. The first-order valence-corrected chi connectivity index (χ1v) is 7.61. The summed E-state index contributed by atoms with van der Waals surface area (Å²) >= 11 is 5.88. The van der Waals surface area contributed by atoms with Crippen LogP contribution in [0, 0.1) is 6.92 Å². The Morgan fingerprint density at radius 1 is 1.45 bits per heavy atom. The number of benzene rings is 1. The molecule has 1 atom stereocenters. The molecule has 0 bridgehead atoms. The molecule has 0 saturated carbocycles. The van der Waals surface area contributed by atoms with Gasteiger partial charge in [-0.1, -0.05) is 16.8 Å². The summed E-state index contributed by atoms with van der Waals surface area (Å²) in [6, 6.07) is 7.21. The predicted molar refractivity (Wildman–Crippen MR) is 82.4 cm³/mol. The number of amides is 1. The number of rotatable bonds is 4. The Morgan fingerprint density at radius 2 is 2.23 bits per heavy atom. The van der Waals surface area contributed by atoms with Crippen molar-refractivity contribution >= 4 is 17.5 Å². The maximum atomic E-state index is 12.2. The van der Waals surface area contributed by atoms with Crippen LogP contribution in [0.1, 0.15) is 29.0 Å². The van der Waals surface area contributed by atoms with Crippen molar-refractivity contribution in [1.29, 1.82) is 0 Å². The van der Waals surface area contributed by atoms with Gasteiger partial charge in [0.2, 0.25) is 0 Å². The fourth-order valence-corrected chi connectivity index (χ4v) is 2.59. The number of ether oxygens (including phenoxy) is 1. The van der Waals surface area contributed by atoms with Crippen LogP contribution >= 0.6 is 11.6 Å². The number of nitrogens with zero attached hydrogens (tertiary/aromatic N) is 3. The minimum atomic E-state index is -0.229. The van der Waals surface area contributed by atoms with Crippen molar-refractivity contribution in [3.8, 4) is 5.69 Å². The summed E-state index contributed by atoms with van der Waals surface area (Å²) < 4.78 is 7.11. The summed E-state index contributed by atoms with van der Waals surface area (Å²) in [7, 11) is 0. The molecule has 0 aliphatic carbocycles. The minimum absolute atomic E-state index is 0.107. The molecule has 1 amide bonds. The van der Waals surface area contributed by atoms with Crippen LogP contribution in [0.3, 0.4) is 0 Å². The third-order valence-corrected chi connectivity index (χ3v) is 3.95. The number of hydrogen-bond acceptors (Lipinski definition) is 4. The Kier molecular flexibility index (Phi) is 4.40. The number of nitrogens with one attached hydrogen (secondary N) is 1. The summed E-state index contributed by atoms with van der Waals surface area (Å²) in [5, 5.41) is 11.5. The van der Waals surface area contributed by atoms with Gasteiger partial charge in [0, 0.05) is 18.2 Å². The minimum Gasteiger partial charge on any atom is -0.376 e. The maximum Gasteiger partial charge on any atom is 0.273 e. The van der Waals surface area contributed by atoms with Gasteiger partial charge in [-0.15, -0.1) is 5.10 Å². The van der Waals surface area contributed by atoms with Crippen molar-refractivity contribution in [2.24, 2.45) is 0 Å². The molecule has 1 aliphatic rings. The number of carbonyl (C=O) groups excluding carboxylic acids is 1. The van der Waals surface area contributed by atoms with Crippen molar-refractivity contribution in [3.63, 3.8) is 0 Å². The highest BCUT2D eigenvalue weighted by molar-refractivity contribution is 6.30. The second-order valence-electron chi connectivity index (χ2n) is 5.26. The van der Waals surface area contributed by atoms with Gasteiger partial charge in [0.05, 0.1) is 17.5 Å². The summed E-state index contributed by atoms with van der Waals surface area (Å²) in [5.41, 5.74) is 1.83. The predicted octanol–water partition coefficient (Wildman–Crippen LogP) is 2.14. The Morgan fingerprint density at radius 3 is 2.91 bits per heavy atom. The van der Waals surface area contributed by atoms with Crippen molar-refractivity contribution < 1.29 is 9.53 Å². The van der Waals surface area contributed by atoms with Crippen LogP contribution in [-0.2, 0) is 4.74 Å². The topological polar surface area (TPSA) is 69.0 Å². The largest absolute Gasteiger partial charge is 0.376 e. The van der Waals surface area contributed by atoms with E-state index in [1.807, 2.05) is 19.1 Å². The quantitative estimate of drug-likeness (QED) is 0.937. The highest BCUT2D eigenvalue weighted by Gasteiger charge is 2.20. The molecule has 1 fully saturated rings. The van der Waals surface area contributed by atoms with Gasteiger partial charge in [-0.3, -0.25) is 4.79 Å². The third kappa shape index (κ3) is 3.13. The molecular formula is C15H17ClN4O2. The van der Waals surface area contributed by atoms with Gasteiger partial charge in [0.1, 0.15) is 0 Å². The Bertz CT molecular complexity index is 663. The number of hydrogen-bond donors (Lipinski definition) is 1. The van der Waals surface area contributed by atoms with E-state index in [-0.39, 0.29) is 12.0 Å². The Balaban J connectivity index is 1.72. The molecule has 2 heterocycles. The Labute approximate surface area is 133 Å². The lowest BCUT2D eigenvalue weighted by Crippen LogP contribution is -2.32. The number of carbonyl (C=O) groups is 1. The molecule has 22 heavy (non-hydrogen) atoms. The van der Waals surface area contributed by atoms with Crippen molar-refractivity contribution in [3.05, 3.63) is 40.7 Å². The average Bonchev–Trinajstić information content (AvgIpc) is 3.15. The monoisotopic (exact) mass is 320 g/mol. The second kappa shape index (κ2) is 6.46. The van der Waals surface area contributed by atoms with E-state index in [0.717, 1.165) is 25.1 Å². The smallest absolute Gasteiger partial charge is 0.273 e. The molecule has 1 aliphatic heterocycles. The lowest BCUT2D eigenvalue weighted by Gasteiger charge is -2.10. The van der Waals surface area contributed by atoms with Gasteiger partial charge in [-0.25, -0.2) is 4.68 Å². The average molecular weight is 321 g/mol. The Hall–Kier alpha value is -1.92. The zero-order chi connectivity index (χ0) is 15.5. The first-order chi connectivity index (χ1) is 10.6. The molecule has 0 spiro atoms. The van der Waals surface area contributed by atoms with E-state index in [1.54, 1.807) is 16.8 Å².